The van der Waals surface area contributed by atoms with Gasteiger partial charge in [-0.05, 0) is 31.9 Å². The molecule has 1 saturated heterocycles. The number of carbonyl (C=O) groups is 2. The van der Waals surface area contributed by atoms with Gasteiger partial charge < -0.3 is 21.1 Å². The molecule has 108 valence electrons. The monoisotopic (exact) mass is 277 g/mol. The van der Waals surface area contributed by atoms with Crippen LogP contribution in [0.4, 0.5) is 11.4 Å². The minimum atomic E-state index is -0.446. The minimum absolute atomic E-state index is 0.0747. The zero-order valence-electron chi connectivity index (χ0n) is 11.4. The highest BCUT2D eigenvalue weighted by Crippen LogP contribution is 2.26. The summed E-state index contributed by atoms with van der Waals surface area (Å²) in [7, 11) is 0. The Morgan fingerprint density at radius 2 is 2.35 bits per heavy atom. The lowest BCUT2D eigenvalue weighted by Gasteiger charge is -2.25. The van der Waals surface area contributed by atoms with Gasteiger partial charge in [-0.2, -0.15) is 0 Å². The molecule has 20 heavy (non-hydrogen) atoms. The van der Waals surface area contributed by atoms with E-state index in [2.05, 4.69) is 10.6 Å². The van der Waals surface area contributed by atoms with Crippen molar-refractivity contribution in [2.24, 2.45) is 0 Å². The third kappa shape index (κ3) is 3.01. The molecule has 0 bridgehead atoms. The summed E-state index contributed by atoms with van der Waals surface area (Å²) in [5, 5.41) is 5.86. The van der Waals surface area contributed by atoms with Gasteiger partial charge in [0.05, 0.1) is 23.5 Å². The third-order valence-electron chi connectivity index (χ3n) is 3.20. The van der Waals surface area contributed by atoms with Crippen LogP contribution in [0.15, 0.2) is 18.2 Å². The second-order valence-corrected chi connectivity index (χ2v) is 4.62. The number of rotatable bonds is 4. The standard InChI is InChI=1S/C14H19N3O3/c1-2-20-14(19)9-5-3-6-10(15)12(9)17-11-7-4-8-16-13(11)18/h3,5-6,11,17H,2,4,7-8,15H2,1H3,(H,16,18). The van der Waals surface area contributed by atoms with E-state index >= 15 is 0 Å². The molecule has 1 amide bonds. The van der Waals surface area contributed by atoms with Crippen molar-refractivity contribution in [3.8, 4) is 0 Å². The molecule has 1 aromatic rings. The molecule has 1 aliphatic heterocycles. The number of esters is 1. The van der Waals surface area contributed by atoms with Gasteiger partial charge in [0.25, 0.3) is 0 Å². The molecule has 1 aromatic carbocycles. The van der Waals surface area contributed by atoms with Crippen molar-refractivity contribution in [2.45, 2.75) is 25.8 Å². The molecule has 1 heterocycles. The number of amides is 1. The highest BCUT2D eigenvalue weighted by molar-refractivity contribution is 6.00. The summed E-state index contributed by atoms with van der Waals surface area (Å²) < 4.78 is 5.00. The Morgan fingerprint density at radius 1 is 1.55 bits per heavy atom. The first kappa shape index (κ1) is 14.2. The Balaban J connectivity index is 2.25. The van der Waals surface area contributed by atoms with Crippen LogP contribution < -0.4 is 16.4 Å². The van der Waals surface area contributed by atoms with Crippen molar-refractivity contribution in [1.82, 2.24) is 5.32 Å². The molecular weight excluding hydrogens is 258 g/mol. The van der Waals surface area contributed by atoms with E-state index in [4.69, 9.17) is 10.5 Å². The van der Waals surface area contributed by atoms with Crippen LogP contribution in [-0.2, 0) is 9.53 Å². The largest absolute Gasteiger partial charge is 0.462 e. The lowest BCUT2D eigenvalue weighted by molar-refractivity contribution is -0.123. The number of carbonyl (C=O) groups excluding carboxylic acids is 2. The van der Waals surface area contributed by atoms with E-state index in [0.29, 0.717) is 29.9 Å². The summed E-state index contributed by atoms with van der Waals surface area (Å²) in [5.74, 6) is -0.521. The number of benzene rings is 1. The number of nitrogens with one attached hydrogen (secondary N) is 2. The molecule has 1 aliphatic rings. The van der Waals surface area contributed by atoms with Crippen LogP contribution in [0.3, 0.4) is 0 Å². The molecule has 0 aromatic heterocycles. The Kier molecular flexibility index (Phi) is 4.45. The van der Waals surface area contributed by atoms with E-state index in [0.717, 1.165) is 6.42 Å². The summed E-state index contributed by atoms with van der Waals surface area (Å²) in [4.78, 5) is 23.7. The van der Waals surface area contributed by atoms with Crippen LogP contribution >= 0.6 is 0 Å². The minimum Gasteiger partial charge on any atom is -0.462 e. The maximum atomic E-state index is 11.9. The summed E-state index contributed by atoms with van der Waals surface area (Å²) in [6, 6.07) is 4.64. The smallest absolute Gasteiger partial charge is 0.340 e. The highest BCUT2D eigenvalue weighted by atomic mass is 16.5. The zero-order valence-corrected chi connectivity index (χ0v) is 11.4. The lowest BCUT2D eigenvalue weighted by atomic mass is 10.0. The molecule has 0 radical (unpaired) electrons. The first-order chi connectivity index (χ1) is 9.63. The van der Waals surface area contributed by atoms with Crippen LogP contribution in [0.2, 0.25) is 0 Å². The van der Waals surface area contributed by atoms with Crippen LogP contribution in [0.25, 0.3) is 0 Å². The van der Waals surface area contributed by atoms with E-state index in [1.807, 2.05) is 0 Å². The molecule has 0 saturated carbocycles. The summed E-state index contributed by atoms with van der Waals surface area (Å²) in [6.07, 6.45) is 1.60. The maximum absolute atomic E-state index is 11.9. The van der Waals surface area contributed by atoms with E-state index < -0.39 is 5.97 Å². The topological polar surface area (TPSA) is 93.4 Å². The predicted octanol–water partition coefficient (Wildman–Crippen LogP) is 1.14. The van der Waals surface area contributed by atoms with E-state index in [1.54, 1.807) is 25.1 Å². The average molecular weight is 277 g/mol. The quantitative estimate of drug-likeness (QED) is 0.567. The van der Waals surface area contributed by atoms with E-state index in [1.165, 1.54) is 0 Å². The molecule has 4 N–H and O–H groups in total. The molecule has 1 fully saturated rings. The summed E-state index contributed by atoms with van der Waals surface area (Å²) >= 11 is 0. The fraction of sp³-hybridized carbons (Fsp3) is 0.429. The third-order valence-corrected chi connectivity index (χ3v) is 3.20. The van der Waals surface area contributed by atoms with Gasteiger partial charge in [0.2, 0.25) is 5.91 Å². The van der Waals surface area contributed by atoms with Gasteiger partial charge in [-0.25, -0.2) is 4.79 Å². The first-order valence-corrected chi connectivity index (χ1v) is 6.73. The molecule has 6 nitrogen and oxygen atoms in total. The highest BCUT2D eigenvalue weighted by Gasteiger charge is 2.24. The van der Waals surface area contributed by atoms with Crippen molar-refractivity contribution in [3.63, 3.8) is 0 Å². The number of hydrogen-bond acceptors (Lipinski definition) is 5. The van der Waals surface area contributed by atoms with Crippen LogP contribution in [0.5, 0.6) is 0 Å². The molecule has 0 spiro atoms. The normalized spacial score (nSPS) is 18.2. The van der Waals surface area contributed by atoms with Crippen molar-refractivity contribution < 1.29 is 14.3 Å². The number of hydrogen-bond donors (Lipinski definition) is 3. The fourth-order valence-electron chi connectivity index (χ4n) is 2.19. The van der Waals surface area contributed by atoms with Crippen molar-refractivity contribution >= 4 is 23.3 Å². The Morgan fingerprint density at radius 3 is 3.05 bits per heavy atom. The molecule has 1 atom stereocenters. The number of ether oxygens (including phenoxy) is 1. The predicted molar refractivity (Wildman–Crippen MR) is 76.5 cm³/mol. The number of nitrogens with two attached hydrogens (primary N) is 1. The van der Waals surface area contributed by atoms with Crippen molar-refractivity contribution in [2.75, 3.05) is 24.2 Å². The molecule has 6 heteroatoms. The number of nitrogen functional groups attached to an aromatic ring is 1. The Labute approximate surface area is 117 Å². The number of anilines is 2. The van der Waals surface area contributed by atoms with Crippen LogP contribution in [-0.4, -0.2) is 31.1 Å². The number of para-hydroxylation sites is 1. The second kappa shape index (κ2) is 6.27. The molecule has 0 aliphatic carbocycles. The zero-order chi connectivity index (χ0) is 14.5. The Hall–Kier alpha value is -2.24. The lowest BCUT2D eigenvalue weighted by Crippen LogP contribution is -2.44. The van der Waals surface area contributed by atoms with Gasteiger partial charge in [0.15, 0.2) is 0 Å². The van der Waals surface area contributed by atoms with Gasteiger partial charge in [-0.3, -0.25) is 4.79 Å². The molecular formula is C14H19N3O3. The van der Waals surface area contributed by atoms with Crippen molar-refractivity contribution in [3.05, 3.63) is 23.8 Å². The van der Waals surface area contributed by atoms with Gasteiger partial charge in [0.1, 0.15) is 6.04 Å². The second-order valence-electron chi connectivity index (χ2n) is 4.62. The number of piperidine rings is 1. The molecule has 2 rings (SSSR count). The maximum Gasteiger partial charge on any atom is 0.340 e. The van der Waals surface area contributed by atoms with Crippen molar-refractivity contribution in [1.29, 1.82) is 0 Å². The van der Waals surface area contributed by atoms with Gasteiger partial charge in [-0.1, -0.05) is 6.07 Å². The fourth-order valence-corrected chi connectivity index (χ4v) is 2.19. The molecule has 1 unspecified atom stereocenters. The van der Waals surface area contributed by atoms with Gasteiger partial charge in [0, 0.05) is 6.54 Å². The summed E-state index contributed by atoms with van der Waals surface area (Å²) in [6.45, 7) is 2.72. The Bertz CT molecular complexity index is 516. The first-order valence-electron chi connectivity index (χ1n) is 6.73. The van der Waals surface area contributed by atoms with Gasteiger partial charge in [-0.15, -0.1) is 0 Å². The average Bonchev–Trinajstić information content (AvgIpc) is 2.43. The van der Waals surface area contributed by atoms with Gasteiger partial charge >= 0.3 is 5.97 Å². The van der Waals surface area contributed by atoms with Crippen LogP contribution in [0, 0.1) is 0 Å². The van der Waals surface area contributed by atoms with E-state index in [-0.39, 0.29) is 18.6 Å². The van der Waals surface area contributed by atoms with Crippen LogP contribution in [0.1, 0.15) is 30.1 Å². The summed E-state index contributed by atoms with van der Waals surface area (Å²) in [5.41, 5.74) is 7.16. The SMILES string of the molecule is CCOC(=O)c1cccc(N)c1NC1CCCNC1=O. The van der Waals surface area contributed by atoms with E-state index in [9.17, 15) is 9.59 Å².